The summed E-state index contributed by atoms with van der Waals surface area (Å²) in [6, 6.07) is 6.24. The molecule has 0 atom stereocenters. The number of hydrogen-bond donors (Lipinski definition) is 2. The number of carbonyl (C=O) groups excluding carboxylic acids is 1. The number of nitrogens with zero attached hydrogens (tertiary/aromatic N) is 1. The third kappa shape index (κ3) is 4.11. The van der Waals surface area contributed by atoms with Crippen LogP contribution in [-0.2, 0) is 4.79 Å². The Morgan fingerprint density at radius 1 is 1.45 bits per heavy atom. The van der Waals surface area contributed by atoms with E-state index in [9.17, 15) is 9.18 Å². The van der Waals surface area contributed by atoms with Gasteiger partial charge in [0, 0.05) is 17.4 Å². The lowest BCUT2D eigenvalue weighted by molar-refractivity contribution is -0.116. The first-order valence-electron chi connectivity index (χ1n) is 6.35. The van der Waals surface area contributed by atoms with Crippen molar-refractivity contribution < 1.29 is 9.18 Å². The number of hydrogen-bond acceptors (Lipinski definition) is 4. The molecule has 106 valence electrons. The molecule has 2 aromatic rings. The summed E-state index contributed by atoms with van der Waals surface area (Å²) >= 11 is 1.34. The van der Waals surface area contributed by atoms with Crippen molar-refractivity contribution in [3.05, 3.63) is 35.5 Å². The van der Waals surface area contributed by atoms with Gasteiger partial charge in [-0.05, 0) is 32.1 Å². The molecule has 0 saturated heterocycles. The average molecular weight is 293 g/mol. The number of amides is 1. The number of nitrogens with one attached hydrogen (secondary N) is 2. The number of carbonyl (C=O) groups is 1. The minimum atomic E-state index is -0.298. The topological polar surface area (TPSA) is 54.0 Å². The molecule has 0 aliphatic rings. The molecule has 2 N–H and O–H groups in total. The number of aromatic nitrogens is 1. The van der Waals surface area contributed by atoms with Crippen LogP contribution in [-0.4, -0.2) is 24.5 Å². The SMILES string of the molecule is CNCCCC(=O)Nc1nc(-c2cccc(F)c2)cs1. The normalized spacial score (nSPS) is 10.5. The fourth-order valence-corrected chi connectivity index (χ4v) is 2.45. The van der Waals surface area contributed by atoms with Gasteiger partial charge < -0.3 is 10.6 Å². The van der Waals surface area contributed by atoms with E-state index in [1.165, 1.54) is 23.5 Å². The maximum absolute atomic E-state index is 13.1. The second-order valence-electron chi connectivity index (χ2n) is 4.30. The fourth-order valence-electron chi connectivity index (χ4n) is 1.72. The maximum atomic E-state index is 13.1. The van der Waals surface area contributed by atoms with E-state index >= 15 is 0 Å². The zero-order valence-electron chi connectivity index (χ0n) is 11.1. The van der Waals surface area contributed by atoms with Gasteiger partial charge in [-0.1, -0.05) is 12.1 Å². The summed E-state index contributed by atoms with van der Waals surface area (Å²) < 4.78 is 13.1. The molecule has 0 saturated carbocycles. The summed E-state index contributed by atoms with van der Waals surface area (Å²) in [5, 5.41) is 8.09. The van der Waals surface area contributed by atoms with Gasteiger partial charge in [0.1, 0.15) is 5.82 Å². The Hall–Kier alpha value is -1.79. The second kappa shape index (κ2) is 7.12. The highest BCUT2D eigenvalue weighted by atomic mass is 32.1. The number of thiazole rings is 1. The molecule has 0 radical (unpaired) electrons. The Morgan fingerprint density at radius 2 is 2.30 bits per heavy atom. The van der Waals surface area contributed by atoms with Crippen molar-refractivity contribution in [1.29, 1.82) is 0 Å². The Morgan fingerprint density at radius 3 is 3.05 bits per heavy atom. The fraction of sp³-hybridized carbons (Fsp3) is 0.286. The number of benzene rings is 1. The molecular formula is C14H16FN3OS. The zero-order valence-corrected chi connectivity index (χ0v) is 12.0. The number of anilines is 1. The lowest BCUT2D eigenvalue weighted by atomic mass is 10.2. The van der Waals surface area contributed by atoms with Gasteiger partial charge in [0.25, 0.3) is 0 Å². The molecule has 6 heteroatoms. The molecule has 4 nitrogen and oxygen atoms in total. The predicted molar refractivity (Wildman–Crippen MR) is 79.3 cm³/mol. The van der Waals surface area contributed by atoms with Gasteiger partial charge in [-0.3, -0.25) is 4.79 Å². The monoisotopic (exact) mass is 293 g/mol. The Kier molecular flexibility index (Phi) is 5.20. The van der Waals surface area contributed by atoms with Crippen molar-refractivity contribution in [2.24, 2.45) is 0 Å². The van der Waals surface area contributed by atoms with E-state index in [1.54, 1.807) is 17.5 Å². The molecule has 0 bridgehead atoms. The quantitative estimate of drug-likeness (QED) is 0.805. The van der Waals surface area contributed by atoms with E-state index in [-0.39, 0.29) is 11.7 Å². The standard InChI is InChI=1S/C14H16FN3OS/c1-16-7-3-6-13(19)18-14-17-12(9-20-14)10-4-2-5-11(15)8-10/h2,4-5,8-9,16H,3,6-7H2,1H3,(H,17,18,19). The minimum absolute atomic E-state index is 0.0552. The molecule has 0 fully saturated rings. The highest BCUT2D eigenvalue weighted by molar-refractivity contribution is 7.14. The van der Waals surface area contributed by atoms with Crippen LogP contribution in [0.3, 0.4) is 0 Å². The molecule has 20 heavy (non-hydrogen) atoms. The molecule has 0 spiro atoms. The van der Waals surface area contributed by atoms with Crippen LogP contribution in [0, 0.1) is 5.82 Å². The lowest BCUT2D eigenvalue weighted by Crippen LogP contribution is -2.15. The van der Waals surface area contributed by atoms with Crippen molar-refractivity contribution >= 4 is 22.4 Å². The largest absolute Gasteiger partial charge is 0.320 e. The van der Waals surface area contributed by atoms with E-state index in [0.29, 0.717) is 22.8 Å². The van der Waals surface area contributed by atoms with Crippen LogP contribution in [0.1, 0.15) is 12.8 Å². The molecular weight excluding hydrogens is 277 g/mol. The van der Waals surface area contributed by atoms with Gasteiger partial charge in [0.05, 0.1) is 5.69 Å². The van der Waals surface area contributed by atoms with E-state index in [0.717, 1.165) is 13.0 Å². The molecule has 0 aliphatic heterocycles. The second-order valence-corrected chi connectivity index (χ2v) is 5.16. The van der Waals surface area contributed by atoms with Crippen molar-refractivity contribution in [3.8, 4) is 11.3 Å². The third-order valence-corrected chi connectivity index (χ3v) is 3.46. The Bertz CT molecular complexity index is 585. The molecule has 0 aliphatic carbocycles. The number of rotatable bonds is 6. The highest BCUT2D eigenvalue weighted by Gasteiger charge is 2.08. The molecule has 0 unspecified atom stereocenters. The van der Waals surface area contributed by atoms with Gasteiger partial charge in [-0.15, -0.1) is 11.3 Å². The molecule has 1 aromatic carbocycles. The molecule has 1 aromatic heterocycles. The first-order valence-corrected chi connectivity index (χ1v) is 7.23. The maximum Gasteiger partial charge on any atom is 0.226 e. The van der Waals surface area contributed by atoms with Crippen LogP contribution < -0.4 is 10.6 Å². The van der Waals surface area contributed by atoms with Crippen molar-refractivity contribution in [1.82, 2.24) is 10.3 Å². The van der Waals surface area contributed by atoms with Crippen LogP contribution in [0.4, 0.5) is 9.52 Å². The highest BCUT2D eigenvalue weighted by Crippen LogP contribution is 2.25. The molecule has 2 rings (SSSR count). The van der Waals surface area contributed by atoms with Crippen molar-refractivity contribution in [3.63, 3.8) is 0 Å². The van der Waals surface area contributed by atoms with Gasteiger partial charge in [-0.25, -0.2) is 9.37 Å². The summed E-state index contributed by atoms with van der Waals surface area (Å²) in [7, 11) is 1.85. The summed E-state index contributed by atoms with van der Waals surface area (Å²) in [6.45, 7) is 0.805. The van der Waals surface area contributed by atoms with Gasteiger partial charge in [-0.2, -0.15) is 0 Å². The minimum Gasteiger partial charge on any atom is -0.320 e. The summed E-state index contributed by atoms with van der Waals surface area (Å²) in [5.74, 6) is -0.353. The van der Waals surface area contributed by atoms with E-state index in [2.05, 4.69) is 15.6 Å². The van der Waals surface area contributed by atoms with Crippen molar-refractivity contribution in [2.45, 2.75) is 12.8 Å². The summed E-state index contributed by atoms with van der Waals surface area (Å²) in [5.41, 5.74) is 1.37. The first kappa shape index (κ1) is 14.6. The molecule has 1 amide bonds. The van der Waals surface area contributed by atoms with Crippen LogP contribution in [0.2, 0.25) is 0 Å². The van der Waals surface area contributed by atoms with E-state index < -0.39 is 0 Å². The smallest absolute Gasteiger partial charge is 0.226 e. The van der Waals surface area contributed by atoms with E-state index in [1.807, 2.05) is 7.05 Å². The number of halogens is 1. The van der Waals surface area contributed by atoms with Gasteiger partial charge in [0.15, 0.2) is 5.13 Å². The van der Waals surface area contributed by atoms with Crippen molar-refractivity contribution in [2.75, 3.05) is 18.9 Å². The first-order chi connectivity index (χ1) is 9.69. The lowest BCUT2D eigenvalue weighted by Gasteiger charge is -2.01. The van der Waals surface area contributed by atoms with Crippen LogP contribution in [0.15, 0.2) is 29.6 Å². The summed E-state index contributed by atoms with van der Waals surface area (Å²) in [6.07, 6.45) is 1.24. The Labute approximate surface area is 121 Å². The summed E-state index contributed by atoms with van der Waals surface area (Å²) in [4.78, 5) is 15.9. The van der Waals surface area contributed by atoms with Gasteiger partial charge in [0.2, 0.25) is 5.91 Å². The molecule has 1 heterocycles. The predicted octanol–water partition coefficient (Wildman–Crippen LogP) is 2.89. The van der Waals surface area contributed by atoms with Crippen LogP contribution in [0.25, 0.3) is 11.3 Å². The van der Waals surface area contributed by atoms with E-state index in [4.69, 9.17) is 0 Å². The van der Waals surface area contributed by atoms with Crippen LogP contribution >= 0.6 is 11.3 Å². The average Bonchev–Trinajstić information content (AvgIpc) is 2.87. The Balaban J connectivity index is 1.97. The van der Waals surface area contributed by atoms with Crippen LogP contribution in [0.5, 0.6) is 0 Å². The zero-order chi connectivity index (χ0) is 14.4. The van der Waals surface area contributed by atoms with Gasteiger partial charge >= 0.3 is 0 Å². The third-order valence-electron chi connectivity index (χ3n) is 2.70.